The highest BCUT2D eigenvalue weighted by atomic mass is 35.5. The number of halogens is 1. The lowest BCUT2D eigenvalue weighted by atomic mass is 9.70. The highest BCUT2D eigenvalue weighted by molar-refractivity contribution is 6.33. The fraction of sp³-hybridized carbons (Fsp3) is 0.500. The van der Waals surface area contributed by atoms with Gasteiger partial charge in [-0.25, -0.2) is 0 Å². The summed E-state index contributed by atoms with van der Waals surface area (Å²) in [6.45, 7) is 0. The number of amides is 1. The van der Waals surface area contributed by atoms with Crippen molar-refractivity contribution in [2.24, 2.45) is 0 Å². The van der Waals surface area contributed by atoms with E-state index in [0.29, 0.717) is 0 Å². The Labute approximate surface area is 107 Å². The van der Waals surface area contributed by atoms with Crippen LogP contribution in [0.15, 0.2) is 18.2 Å². The van der Waals surface area contributed by atoms with Gasteiger partial charge in [-0.05, 0) is 25.0 Å². The number of fused-ring (bicyclic) bond motifs is 2. The standard InChI is InChI=1S/C14H16ClNO/c1-16-11-7-5-6-10(15)12(11)14(13(16)17)8-3-2-4-9-14/h5-7H,2-4,8-9H2,1H3. The van der Waals surface area contributed by atoms with Crippen molar-refractivity contribution in [3.63, 3.8) is 0 Å². The number of anilines is 1. The third kappa shape index (κ3) is 1.37. The van der Waals surface area contributed by atoms with Crippen molar-refractivity contribution in [1.82, 2.24) is 0 Å². The second-order valence-electron chi connectivity index (χ2n) is 5.14. The third-order valence-electron chi connectivity index (χ3n) is 4.25. The number of carbonyl (C=O) groups is 1. The summed E-state index contributed by atoms with van der Waals surface area (Å²) in [7, 11) is 1.86. The fourth-order valence-electron chi connectivity index (χ4n) is 3.42. The maximum Gasteiger partial charge on any atom is 0.237 e. The number of hydrogen-bond donors (Lipinski definition) is 0. The average Bonchev–Trinajstić information content (AvgIpc) is 2.55. The highest BCUT2D eigenvalue weighted by Gasteiger charge is 2.50. The summed E-state index contributed by atoms with van der Waals surface area (Å²) in [6.07, 6.45) is 5.40. The van der Waals surface area contributed by atoms with Gasteiger partial charge in [0.2, 0.25) is 5.91 Å². The molecule has 1 amide bonds. The molecular formula is C14H16ClNO. The molecule has 1 saturated carbocycles. The quantitative estimate of drug-likeness (QED) is 0.689. The highest BCUT2D eigenvalue weighted by Crippen LogP contribution is 2.51. The van der Waals surface area contributed by atoms with Crippen LogP contribution in [0.25, 0.3) is 0 Å². The van der Waals surface area contributed by atoms with Gasteiger partial charge < -0.3 is 4.90 Å². The van der Waals surface area contributed by atoms with Crippen molar-refractivity contribution < 1.29 is 4.79 Å². The maximum atomic E-state index is 12.6. The molecule has 3 rings (SSSR count). The number of carbonyl (C=O) groups excluding carboxylic acids is 1. The first-order chi connectivity index (χ1) is 8.17. The molecule has 0 saturated heterocycles. The molecule has 1 spiro atoms. The Bertz CT molecular complexity index is 477. The van der Waals surface area contributed by atoms with Crippen LogP contribution in [0.1, 0.15) is 37.7 Å². The molecule has 1 heterocycles. The molecule has 1 aliphatic carbocycles. The molecule has 0 radical (unpaired) electrons. The van der Waals surface area contributed by atoms with Crippen LogP contribution in [-0.2, 0) is 10.2 Å². The van der Waals surface area contributed by atoms with E-state index in [1.165, 1.54) is 6.42 Å². The zero-order valence-electron chi connectivity index (χ0n) is 10.0. The Balaban J connectivity index is 2.22. The lowest BCUT2D eigenvalue weighted by molar-refractivity contribution is -0.124. The number of rotatable bonds is 0. The zero-order chi connectivity index (χ0) is 12.0. The molecule has 2 nitrogen and oxygen atoms in total. The van der Waals surface area contributed by atoms with Crippen molar-refractivity contribution in [3.05, 3.63) is 28.8 Å². The molecule has 1 aliphatic heterocycles. The lowest BCUT2D eigenvalue weighted by Crippen LogP contribution is -2.40. The van der Waals surface area contributed by atoms with E-state index >= 15 is 0 Å². The first-order valence-corrected chi connectivity index (χ1v) is 6.62. The van der Waals surface area contributed by atoms with Gasteiger partial charge in [0, 0.05) is 23.3 Å². The fourth-order valence-corrected chi connectivity index (χ4v) is 3.77. The van der Waals surface area contributed by atoms with Gasteiger partial charge in [-0.1, -0.05) is 36.9 Å². The van der Waals surface area contributed by atoms with Gasteiger partial charge in [-0.15, -0.1) is 0 Å². The third-order valence-corrected chi connectivity index (χ3v) is 4.57. The van der Waals surface area contributed by atoms with Gasteiger partial charge in [0.1, 0.15) is 0 Å². The van der Waals surface area contributed by atoms with E-state index in [9.17, 15) is 4.79 Å². The average molecular weight is 250 g/mol. The van der Waals surface area contributed by atoms with E-state index in [0.717, 1.165) is 42.0 Å². The summed E-state index contributed by atoms with van der Waals surface area (Å²) in [6, 6.07) is 5.83. The lowest BCUT2D eigenvalue weighted by Gasteiger charge is -2.32. The SMILES string of the molecule is CN1C(=O)C2(CCCCC2)c2c(Cl)cccc21. The molecule has 0 bridgehead atoms. The predicted molar refractivity (Wildman–Crippen MR) is 69.6 cm³/mol. The van der Waals surface area contributed by atoms with Gasteiger partial charge in [0.05, 0.1) is 5.41 Å². The largest absolute Gasteiger partial charge is 0.314 e. The van der Waals surface area contributed by atoms with Crippen LogP contribution in [-0.4, -0.2) is 13.0 Å². The number of benzene rings is 1. The van der Waals surface area contributed by atoms with E-state index in [4.69, 9.17) is 11.6 Å². The first-order valence-electron chi connectivity index (χ1n) is 6.24. The van der Waals surface area contributed by atoms with Crippen LogP contribution in [0.3, 0.4) is 0 Å². The van der Waals surface area contributed by atoms with Gasteiger partial charge in [-0.2, -0.15) is 0 Å². The first kappa shape index (κ1) is 11.1. The minimum atomic E-state index is -0.319. The van der Waals surface area contributed by atoms with Crippen molar-refractivity contribution in [2.75, 3.05) is 11.9 Å². The van der Waals surface area contributed by atoms with Crippen LogP contribution < -0.4 is 4.90 Å². The predicted octanol–water partition coefficient (Wildman–Crippen LogP) is 3.52. The molecule has 1 aromatic rings. The van der Waals surface area contributed by atoms with Crippen molar-refractivity contribution in [3.8, 4) is 0 Å². The van der Waals surface area contributed by atoms with Crippen LogP contribution in [0, 0.1) is 0 Å². The Kier molecular flexibility index (Phi) is 2.44. The summed E-state index contributed by atoms with van der Waals surface area (Å²) in [4.78, 5) is 14.3. The van der Waals surface area contributed by atoms with Gasteiger partial charge in [0.15, 0.2) is 0 Å². The molecule has 0 N–H and O–H groups in total. The van der Waals surface area contributed by atoms with Gasteiger partial charge in [-0.3, -0.25) is 4.79 Å². The summed E-state index contributed by atoms with van der Waals surface area (Å²) in [5.74, 6) is 0.236. The second-order valence-corrected chi connectivity index (χ2v) is 5.55. The second kappa shape index (κ2) is 3.74. The number of hydrogen-bond acceptors (Lipinski definition) is 1. The van der Waals surface area contributed by atoms with Crippen molar-refractivity contribution in [1.29, 1.82) is 0 Å². The Morgan fingerprint density at radius 2 is 1.94 bits per heavy atom. The Morgan fingerprint density at radius 3 is 2.65 bits per heavy atom. The monoisotopic (exact) mass is 249 g/mol. The molecule has 17 heavy (non-hydrogen) atoms. The van der Waals surface area contributed by atoms with Crippen LogP contribution in [0.5, 0.6) is 0 Å². The van der Waals surface area contributed by atoms with E-state index in [1.54, 1.807) is 4.90 Å². The zero-order valence-corrected chi connectivity index (χ0v) is 10.8. The maximum absolute atomic E-state index is 12.6. The van der Waals surface area contributed by atoms with Crippen LogP contribution >= 0.6 is 11.6 Å². The Hall–Kier alpha value is -1.02. The van der Waals surface area contributed by atoms with Crippen LogP contribution in [0.4, 0.5) is 5.69 Å². The van der Waals surface area contributed by atoms with Gasteiger partial charge >= 0.3 is 0 Å². The Morgan fingerprint density at radius 1 is 1.24 bits per heavy atom. The number of likely N-dealkylation sites (N-methyl/N-ethyl adjacent to an activating group) is 1. The molecule has 0 unspecified atom stereocenters. The van der Waals surface area contributed by atoms with E-state index in [2.05, 4.69) is 0 Å². The smallest absolute Gasteiger partial charge is 0.237 e. The van der Waals surface area contributed by atoms with E-state index in [-0.39, 0.29) is 11.3 Å². The minimum Gasteiger partial charge on any atom is -0.314 e. The normalized spacial score (nSPS) is 22.0. The van der Waals surface area contributed by atoms with E-state index in [1.807, 2.05) is 25.2 Å². The molecule has 1 aromatic carbocycles. The summed E-state index contributed by atoms with van der Waals surface area (Å²) < 4.78 is 0. The molecule has 3 heteroatoms. The molecule has 0 atom stereocenters. The van der Waals surface area contributed by atoms with Crippen LogP contribution in [0.2, 0.25) is 5.02 Å². The van der Waals surface area contributed by atoms with Crippen molar-refractivity contribution in [2.45, 2.75) is 37.5 Å². The molecule has 90 valence electrons. The van der Waals surface area contributed by atoms with E-state index < -0.39 is 0 Å². The molecular weight excluding hydrogens is 234 g/mol. The summed E-state index contributed by atoms with van der Waals surface area (Å²) in [5, 5.41) is 0.752. The van der Waals surface area contributed by atoms with Gasteiger partial charge in [0.25, 0.3) is 0 Å². The summed E-state index contributed by atoms with van der Waals surface area (Å²) >= 11 is 6.34. The van der Waals surface area contributed by atoms with Crippen molar-refractivity contribution >= 4 is 23.2 Å². The molecule has 0 aromatic heterocycles. The molecule has 1 fully saturated rings. The topological polar surface area (TPSA) is 20.3 Å². The summed E-state index contributed by atoms with van der Waals surface area (Å²) in [5.41, 5.74) is 1.76. The number of nitrogens with zero attached hydrogens (tertiary/aromatic N) is 1. The molecule has 2 aliphatic rings. The minimum absolute atomic E-state index is 0.236.